The minimum atomic E-state index is -0.500. The first-order valence-electron chi connectivity index (χ1n) is 5.25. The van der Waals surface area contributed by atoms with E-state index in [9.17, 15) is 4.39 Å². The molecule has 3 nitrogen and oxygen atoms in total. The number of ether oxygens (including phenoxy) is 1. The molecule has 96 valence electrons. The van der Waals surface area contributed by atoms with E-state index >= 15 is 0 Å². The number of nitrogens with zero attached hydrogens (tertiary/aromatic N) is 2. The van der Waals surface area contributed by atoms with Gasteiger partial charge < -0.3 is 4.74 Å². The van der Waals surface area contributed by atoms with Gasteiger partial charge in [-0.25, -0.2) is 4.39 Å². The summed E-state index contributed by atoms with van der Waals surface area (Å²) in [4.78, 5) is 0. The molecule has 0 aliphatic heterocycles. The van der Waals surface area contributed by atoms with E-state index in [0.29, 0.717) is 10.2 Å². The molecule has 0 spiro atoms. The number of hydrogen-bond acceptors (Lipinski definition) is 2. The summed E-state index contributed by atoms with van der Waals surface area (Å²) in [5.41, 5.74) is 1.50. The molecule has 0 radical (unpaired) electrons. The minimum Gasteiger partial charge on any atom is -0.486 e. The van der Waals surface area contributed by atoms with Gasteiger partial charge >= 0.3 is 0 Å². The highest BCUT2D eigenvalue weighted by atomic mass is 35.5. The Balaban J connectivity index is 2.16. The Labute approximate surface area is 114 Å². The molecule has 0 atom stereocenters. The summed E-state index contributed by atoms with van der Waals surface area (Å²) in [6, 6.07) is 4.25. The predicted octanol–water partition coefficient (Wildman–Crippen LogP) is 3.75. The molecule has 0 fully saturated rings. The van der Waals surface area contributed by atoms with Crippen molar-refractivity contribution >= 4 is 23.2 Å². The van der Waals surface area contributed by atoms with Crippen LogP contribution in [-0.4, -0.2) is 9.78 Å². The van der Waals surface area contributed by atoms with Gasteiger partial charge in [-0.05, 0) is 25.1 Å². The van der Waals surface area contributed by atoms with Crippen molar-refractivity contribution in [3.63, 3.8) is 0 Å². The standard InChI is InChI=1S/C12H11Cl2FN2O/c1-7-9(12(14)17(2)16-7)6-18-11-4-3-8(13)5-10(11)15/h3-5H,6H2,1-2H3. The van der Waals surface area contributed by atoms with Crippen LogP contribution in [-0.2, 0) is 13.7 Å². The molecule has 0 saturated carbocycles. The van der Waals surface area contributed by atoms with Crippen LogP contribution < -0.4 is 4.74 Å². The van der Waals surface area contributed by atoms with Crippen LogP contribution in [0, 0.1) is 12.7 Å². The lowest BCUT2D eigenvalue weighted by atomic mass is 10.3. The quantitative estimate of drug-likeness (QED) is 0.860. The maximum atomic E-state index is 13.5. The van der Waals surface area contributed by atoms with Gasteiger partial charge in [-0.15, -0.1) is 0 Å². The zero-order chi connectivity index (χ0) is 13.3. The lowest BCUT2D eigenvalue weighted by Crippen LogP contribution is -1.99. The van der Waals surface area contributed by atoms with Gasteiger partial charge in [-0.1, -0.05) is 23.2 Å². The maximum absolute atomic E-state index is 13.5. The fourth-order valence-electron chi connectivity index (χ4n) is 1.58. The smallest absolute Gasteiger partial charge is 0.166 e. The van der Waals surface area contributed by atoms with Crippen LogP contribution in [0.5, 0.6) is 5.75 Å². The third kappa shape index (κ3) is 2.60. The largest absolute Gasteiger partial charge is 0.486 e. The van der Waals surface area contributed by atoms with E-state index in [2.05, 4.69) is 5.10 Å². The molecule has 6 heteroatoms. The van der Waals surface area contributed by atoms with Crippen LogP contribution in [0.25, 0.3) is 0 Å². The van der Waals surface area contributed by atoms with Gasteiger partial charge in [-0.3, -0.25) is 4.68 Å². The van der Waals surface area contributed by atoms with Crippen molar-refractivity contribution in [2.45, 2.75) is 13.5 Å². The zero-order valence-electron chi connectivity index (χ0n) is 9.88. The summed E-state index contributed by atoms with van der Waals surface area (Å²) in [6.45, 7) is 1.99. The molecule has 1 aromatic heterocycles. The van der Waals surface area contributed by atoms with Crippen molar-refractivity contribution < 1.29 is 9.13 Å². The van der Waals surface area contributed by atoms with Gasteiger partial charge in [0.1, 0.15) is 11.8 Å². The van der Waals surface area contributed by atoms with Crippen LogP contribution in [0.4, 0.5) is 4.39 Å². The number of aromatic nitrogens is 2. The van der Waals surface area contributed by atoms with Crippen LogP contribution >= 0.6 is 23.2 Å². The highest BCUT2D eigenvalue weighted by Crippen LogP contribution is 2.24. The SMILES string of the molecule is Cc1nn(C)c(Cl)c1COc1ccc(Cl)cc1F. The van der Waals surface area contributed by atoms with Crippen LogP contribution in [0.2, 0.25) is 10.2 Å². The highest BCUT2D eigenvalue weighted by molar-refractivity contribution is 6.30. The zero-order valence-corrected chi connectivity index (χ0v) is 11.4. The summed E-state index contributed by atoms with van der Waals surface area (Å²) >= 11 is 11.7. The Hall–Kier alpha value is -1.26. The highest BCUT2D eigenvalue weighted by Gasteiger charge is 2.13. The van der Waals surface area contributed by atoms with E-state index in [4.69, 9.17) is 27.9 Å². The fraction of sp³-hybridized carbons (Fsp3) is 0.250. The lowest BCUT2D eigenvalue weighted by molar-refractivity contribution is 0.289. The normalized spacial score (nSPS) is 10.7. The molecule has 0 aliphatic rings. The van der Waals surface area contributed by atoms with E-state index in [1.54, 1.807) is 17.8 Å². The Bertz CT molecular complexity index is 584. The first-order valence-corrected chi connectivity index (χ1v) is 6.00. The summed E-state index contributed by atoms with van der Waals surface area (Å²) in [5.74, 6) is -0.362. The number of halogens is 3. The molecule has 18 heavy (non-hydrogen) atoms. The second-order valence-electron chi connectivity index (χ2n) is 3.84. The summed E-state index contributed by atoms with van der Waals surface area (Å²) in [6.07, 6.45) is 0. The van der Waals surface area contributed by atoms with Crippen molar-refractivity contribution in [1.82, 2.24) is 9.78 Å². The van der Waals surface area contributed by atoms with Crippen LogP contribution in [0.3, 0.4) is 0 Å². The number of benzene rings is 1. The monoisotopic (exact) mass is 288 g/mol. The first kappa shape index (κ1) is 13.2. The fourth-order valence-corrected chi connectivity index (χ4v) is 1.97. The molecular weight excluding hydrogens is 278 g/mol. The lowest BCUT2D eigenvalue weighted by Gasteiger charge is -2.07. The molecule has 0 N–H and O–H groups in total. The van der Waals surface area contributed by atoms with E-state index in [-0.39, 0.29) is 12.4 Å². The third-order valence-electron chi connectivity index (χ3n) is 2.54. The topological polar surface area (TPSA) is 27.1 Å². The van der Waals surface area contributed by atoms with Gasteiger partial charge in [0.05, 0.1) is 5.69 Å². The Morgan fingerprint density at radius 2 is 2.11 bits per heavy atom. The van der Waals surface area contributed by atoms with Crippen molar-refractivity contribution in [1.29, 1.82) is 0 Å². The summed E-state index contributed by atoms with van der Waals surface area (Å²) < 4.78 is 20.4. The van der Waals surface area contributed by atoms with E-state index in [1.807, 2.05) is 6.92 Å². The number of rotatable bonds is 3. The van der Waals surface area contributed by atoms with Gasteiger partial charge in [0, 0.05) is 17.6 Å². The first-order chi connectivity index (χ1) is 8.49. The van der Waals surface area contributed by atoms with E-state index in [1.165, 1.54) is 12.1 Å². The molecule has 0 bridgehead atoms. The maximum Gasteiger partial charge on any atom is 0.166 e. The third-order valence-corrected chi connectivity index (χ3v) is 3.24. The van der Waals surface area contributed by atoms with Gasteiger partial charge in [0.2, 0.25) is 0 Å². The van der Waals surface area contributed by atoms with Crippen LogP contribution in [0.1, 0.15) is 11.3 Å². The van der Waals surface area contributed by atoms with Gasteiger partial charge in [0.15, 0.2) is 11.6 Å². The average molecular weight is 289 g/mol. The van der Waals surface area contributed by atoms with Gasteiger partial charge in [0.25, 0.3) is 0 Å². The minimum absolute atomic E-state index is 0.138. The molecule has 0 saturated heterocycles. The second-order valence-corrected chi connectivity index (χ2v) is 4.64. The van der Waals surface area contributed by atoms with Crippen molar-refractivity contribution in [3.8, 4) is 5.75 Å². The summed E-state index contributed by atoms with van der Waals surface area (Å²) in [7, 11) is 1.74. The Kier molecular flexibility index (Phi) is 3.78. The second kappa shape index (κ2) is 5.16. The molecule has 2 rings (SSSR count). The predicted molar refractivity (Wildman–Crippen MR) is 68.7 cm³/mol. The number of aryl methyl sites for hydroxylation is 2. The van der Waals surface area contributed by atoms with Crippen LogP contribution in [0.15, 0.2) is 18.2 Å². The van der Waals surface area contributed by atoms with Gasteiger partial charge in [-0.2, -0.15) is 5.10 Å². The van der Waals surface area contributed by atoms with E-state index in [0.717, 1.165) is 11.3 Å². The molecule has 2 aromatic rings. The molecule has 0 aliphatic carbocycles. The molecule has 1 aromatic carbocycles. The molecular formula is C12H11Cl2FN2O. The summed E-state index contributed by atoms with van der Waals surface area (Å²) in [5, 5.41) is 4.97. The molecule has 0 amide bonds. The Morgan fingerprint density at radius 1 is 1.39 bits per heavy atom. The number of hydrogen-bond donors (Lipinski definition) is 0. The van der Waals surface area contributed by atoms with Crippen molar-refractivity contribution in [2.24, 2.45) is 7.05 Å². The van der Waals surface area contributed by atoms with Crippen molar-refractivity contribution in [3.05, 3.63) is 45.4 Å². The average Bonchev–Trinajstić information content (AvgIpc) is 2.53. The Morgan fingerprint density at radius 3 is 2.67 bits per heavy atom. The molecule has 1 heterocycles. The van der Waals surface area contributed by atoms with Crippen molar-refractivity contribution in [2.75, 3.05) is 0 Å². The van der Waals surface area contributed by atoms with E-state index < -0.39 is 5.82 Å². The molecule has 0 unspecified atom stereocenters.